The van der Waals surface area contributed by atoms with Gasteiger partial charge >= 0.3 is 5.97 Å². The van der Waals surface area contributed by atoms with Crippen molar-refractivity contribution in [2.24, 2.45) is 7.05 Å². The van der Waals surface area contributed by atoms with Crippen molar-refractivity contribution in [1.29, 1.82) is 5.26 Å². The Morgan fingerprint density at radius 2 is 2.00 bits per heavy atom. The number of benzene rings is 1. The van der Waals surface area contributed by atoms with Crippen LogP contribution in [-0.2, 0) is 7.05 Å². The molecule has 0 saturated carbocycles. The number of hydrogen-bond donors (Lipinski definition) is 1. The van der Waals surface area contributed by atoms with Gasteiger partial charge in [0.1, 0.15) is 5.56 Å². The lowest BCUT2D eigenvalue weighted by molar-refractivity contribution is 0.0694. The molecule has 0 aliphatic carbocycles. The fraction of sp³-hybridized carbons (Fsp3) is 0.0769. The Hall–Kier alpha value is -2.94. The van der Waals surface area contributed by atoms with Gasteiger partial charge < -0.3 is 5.11 Å². The van der Waals surface area contributed by atoms with Crippen LogP contribution in [0, 0.1) is 11.3 Å². The molecular weight excluding hydrogens is 246 g/mol. The van der Waals surface area contributed by atoms with Crippen LogP contribution in [0.2, 0.25) is 0 Å². The molecule has 0 atom stereocenters. The number of hydrogen-bond acceptors (Lipinski definition) is 4. The molecule has 1 aromatic carbocycles. The van der Waals surface area contributed by atoms with Crippen molar-refractivity contribution in [3.05, 3.63) is 51.8 Å². The summed E-state index contributed by atoms with van der Waals surface area (Å²) in [6.45, 7) is 0. The van der Waals surface area contributed by atoms with E-state index in [0.717, 1.165) is 4.68 Å². The van der Waals surface area contributed by atoms with Crippen molar-refractivity contribution in [2.75, 3.05) is 0 Å². The number of nitriles is 1. The second-order valence-corrected chi connectivity index (χ2v) is 3.87. The molecule has 2 aromatic rings. The smallest absolute Gasteiger partial charge is 0.341 e. The molecule has 1 N–H and O–H groups in total. The first-order chi connectivity index (χ1) is 9.02. The Bertz CT molecular complexity index is 739. The lowest BCUT2D eigenvalue weighted by atomic mass is 10.1. The van der Waals surface area contributed by atoms with Crippen LogP contribution >= 0.6 is 0 Å². The fourth-order valence-corrected chi connectivity index (χ4v) is 1.62. The number of carbonyl (C=O) groups is 1. The van der Waals surface area contributed by atoms with Crippen molar-refractivity contribution in [3.63, 3.8) is 0 Å². The van der Waals surface area contributed by atoms with Gasteiger partial charge in [0.25, 0.3) is 5.56 Å². The molecule has 0 saturated heterocycles. The number of aromatic nitrogens is 2. The SMILES string of the molecule is Cn1nc(-c2ccc(C#N)cc2)cc(C(=O)O)c1=O. The second kappa shape index (κ2) is 4.74. The Morgan fingerprint density at radius 3 is 2.53 bits per heavy atom. The fourth-order valence-electron chi connectivity index (χ4n) is 1.62. The predicted octanol–water partition coefficient (Wildman–Crippen LogP) is 1.02. The van der Waals surface area contributed by atoms with Crippen molar-refractivity contribution in [2.45, 2.75) is 0 Å². The van der Waals surface area contributed by atoms with Gasteiger partial charge in [0, 0.05) is 12.6 Å². The highest BCUT2D eigenvalue weighted by atomic mass is 16.4. The number of nitrogens with zero attached hydrogens (tertiary/aromatic N) is 3. The minimum absolute atomic E-state index is 0.336. The maximum Gasteiger partial charge on any atom is 0.341 e. The number of carboxylic acid groups (broad SMARTS) is 1. The molecular formula is C13H9N3O3. The van der Waals surface area contributed by atoms with Gasteiger partial charge in [0.05, 0.1) is 17.3 Å². The molecule has 0 bridgehead atoms. The van der Waals surface area contributed by atoms with E-state index in [4.69, 9.17) is 10.4 Å². The van der Waals surface area contributed by atoms with Gasteiger partial charge in [-0.05, 0) is 18.2 Å². The molecule has 0 unspecified atom stereocenters. The summed E-state index contributed by atoms with van der Waals surface area (Å²) >= 11 is 0. The Kier molecular flexibility index (Phi) is 3.12. The van der Waals surface area contributed by atoms with Crippen LogP contribution in [0.1, 0.15) is 15.9 Å². The summed E-state index contributed by atoms with van der Waals surface area (Å²) in [5, 5.41) is 21.7. The van der Waals surface area contributed by atoms with Crippen molar-refractivity contribution >= 4 is 5.97 Å². The molecule has 2 rings (SSSR count). The molecule has 94 valence electrons. The van der Waals surface area contributed by atoms with E-state index in [1.807, 2.05) is 6.07 Å². The van der Waals surface area contributed by atoms with E-state index in [1.54, 1.807) is 24.3 Å². The van der Waals surface area contributed by atoms with E-state index in [9.17, 15) is 9.59 Å². The van der Waals surface area contributed by atoms with Crippen molar-refractivity contribution in [3.8, 4) is 17.3 Å². The molecule has 1 heterocycles. The first-order valence-electron chi connectivity index (χ1n) is 5.35. The molecule has 0 amide bonds. The zero-order chi connectivity index (χ0) is 14.0. The van der Waals surface area contributed by atoms with Gasteiger partial charge in [-0.15, -0.1) is 0 Å². The van der Waals surface area contributed by atoms with Crippen molar-refractivity contribution < 1.29 is 9.90 Å². The van der Waals surface area contributed by atoms with Crippen LogP contribution < -0.4 is 5.56 Å². The summed E-state index contributed by atoms with van der Waals surface area (Å²) in [5.74, 6) is -1.29. The second-order valence-electron chi connectivity index (χ2n) is 3.87. The number of carboxylic acids is 1. The normalized spacial score (nSPS) is 9.89. The average Bonchev–Trinajstić information content (AvgIpc) is 2.41. The third-order valence-electron chi connectivity index (χ3n) is 2.60. The topological polar surface area (TPSA) is 96.0 Å². The predicted molar refractivity (Wildman–Crippen MR) is 66.6 cm³/mol. The van der Waals surface area contributed by atoms with E-state index >= 15 is 0 Å². The maximum absolute atomic E-state index is 11.6. The van der Waals surface area contributed by atoms with Crippen LogP contribution in [0.15, 0.2) is 35.1 Å². The molecule has 6 heteroatoms. The highest BCUT2D eigenvalue weighted by Gasteiger charge is 2.13. The molecule has 19 heavy (non-hydrogen) atoms. The molecule has 0 fully saturated rings. The van der Waals surface area contributed by atoms with Crippen LogP contribution in [0.5, 0.6) is 0 Å². The van der Waals surface area contributed by atoms with E-state index in [2.05, 4.69) is 5.10 Å². The van der Waals surface area contributed by atoms with Gasteiger partial charge in [-0.1, -0.05) is 12.1 Å². The monoisotopic (exact) mass is 255 g/mol. The first kappa shape index (κ1) is 12.5. The van der Waals surface area contributed by atoms with Crippen LogP contribution in [0.25, 0.3) is 11.3 Å². The average molecular weight is 255 g/mol. The maximum atomic E-state index is 11.6. The summed E-state index contributed by atoms with van der Waals surface area (Å²) in [6, 6.07) is 9.71. The summed E-state index contributed by atoms with van der Waals surface area (Å²) in [6.07, 6.45) is 0. The zero-order valence-corrected chi connectivity index (χ0v) is 9.99. The Morgan fingerprint density at radius 1 is 1.37 bits per heavy atom. The molecule has 1 aromatic heterocycles. The minimum atomic E-state index is -1.29. The number of aromatic carboxylic acids is 1. The van der Waals surface area contributed by atoms with Gasteiger partial charge in [-0.2, -0.15) is 10.4 Å². The largest absolute Gasteiger partial charge is 0.477 e. The van der Waals surface area contributed by atoms with Crippen LogP contribution in [-0.4, -0.2) is 20.9 Å². The zero-order valence-electron chi connectivity index (χ0n) is 9.99. The van der Waals surface area contributed by atoms with E-state index < -0.39 is 11.5 Å². The molecule has 6 nitrogen and oxygen atoms in total. The van der Waals surface area contributed by atoms with Crippen LogP contribution in [0.4, 0.5) is 0 Å². The summed E-state index contributed by atoms with van der Waals surface area (Å²) in [4.78, 5) is 22.5. The standard InChI is InChI=1S/C13H9N3O3/c1-16-12(17)10(13(18)19)6-11(15-16)9-4-2-8(7-14)3-5-9/h2-6H,1H3,(H,18,19). The minimum Gasteiger partial charge on any atom is -0.477 e. The van der Waals surface area contributed by atoms with Crippen molar-refractivity contribution in [1.82, 2.24) is 9.78 Å². The van der Waals surface area contributed by atoms with Crippen LogP contribution in [0.3, 0.4) is 0 Å². The number of rotatable bonds is 2. The van der Waals surface area contributed by atoms with E-state index in [0.29, 0.717) is 16.8 Å². The Labute approximate surface area is 108 Å². The summed E-state index contributed by atoms with van der Waals surface area (Å²) in [7, 11) is 1.39. The Balaban J connectivity index is 2.59. The molecule has 0 radical (unpaired) electrons. The summed E-state index contributed by atoms with van der Waals surface area (Å²) < 4.78 is 0.983. The quantitative estimate of drug-likeness (QED) is 0.864. The van der Waals surface area contributed by atoms with Gasteiger partial charge in [-0.25, -0.2) is 9.48 Å². The first-order valence-corrected chi connectivity index (χ1v) is 5.35. The van der Waals surface area contributed by atoms with Gasteiger partial charge in [-0.3, -0.25) is 4.79 Å². The van der Waals surface area contributed by atoms with Gasteiger partial charge in [0.15, 0.2) is 0 Å². The highest BCUT2D eigenvalue weighted by Crippen LogP contribution is 2.17. The number of aryl methyl sites for hydroxylation is 1. The molecule has 0 aliphatic rings. The third-order valence-corrected chi connectivity index (χ3v) is 2.60. The third kappa shape index (κ3) is 2.35. The van der Waals surface area contributed by atoms with E-state index in [-0.39, 0.29) is 5.56 Å². The highest BCUT2D eigenvalue weighted by molar-refractivity contribution is 5.88. The van der Waals surface area contributed by atoms with E-state index in [1.165, 1.54) is 13.1 Å². The van der Waals surface area contributed by atoms with Gasteiger partial charge in [0.2, 0.25) is 0 Å². The molecule has 0 spiro atoms. The summed E-state index contributed by atoms with van der Waals surface area (Å²) in [5.41, 5.74) is 0.495. The lowest BCUT2D eigenvalue weighted by Crippen LogP contribution is -2.26. The lowest BCUT2D eigenvalue weighted by Gasteiger charge is -2.05. The molecule has 0 aliphatic heterocycles.